The van der Waals surface area contributed by atoms with Crippen LogP contribution in [-0.4, -0.2) is 35.2 Å². The summed E-state index contributed by atoms with van der Waals surface area (Å²) in [5.74, 6) is 0.642. The van der Waals surface area contributed by atoms with Gasteiger partial charge in [-0.25, -0.2) is 17.9 Å². The Morgan fingerprint density at radius 1 is 1.07 bits per heavy atom. The maximum absolute atomic E-state index is 12.7. The van der Waals surface area contributed by atoms with Crippen molar-refractivity contribution in [1.82, 2.24) is 4.72 Å². The predicted octanol–water partition coefficient (Wildman–Crippen LogP) is 2.92. The summed E-state index contributed by atoms with van der Waals surface area (Å²) in [6.07, 6.45) is 0. The summed E-state index contributed by atoms with van der Waals surface area (Å²) < 4.78 is 43.4. The zero-order valence-corrected chi connectivity index (χ0v) is 16.5. The monoisotopic (exact) mass is 393 g/mol. The molecular formula is C19H23NO6S. The van der Waals surface area contributed by atoms with E-state index in [1.807, 2.05) is 0 Å². The zero-order chi connectivity index (χ0) is 20.0. The molecule has 2 aromatic rings. The average molecular weight is 393 g/mol. The van der Waals surface area contributed by atoms with Crippen LogP contribution in [0, 0.1) is 0 Å². The van der Waals surface area contributed by atoms with Crippen LogP contribution in [0.25, 0.3) is 0 Å². The molecule has 0 aliphatic heterocycles. The molecule has 7 nitrogen and oxygen atoms in total. The van der Waals surface area contributed by atoms with Crippen LogP contribution in [0.1, 0.15) is 35.8 Å². The van der Waals surface area contributed by atoms with Gasteiger partial charge in [-0.15, -0.1) is 0 Å². The molecular weight excluding hydrogens is 370 g/mol. The van der Waals surface area contributed by atoms with Gasteiger partial charge in [0.1, 0.15) is 11.5 Å². The van der Waals surface area contributed by atoms with Crippen LogP contribution in [0.2, 0.25) is 0 Å². The van der Waals surface area contributed by atoms with Crippen molar-refractivity contribution in [3.8, 4) is 11.5 Å². The maximum Gasteiger partial charge on any atom is 0.338 e. The number of carbonyl (C=O) groups excluding carboxylic acids is 1. The molecule has 0 saturated carbocycles. The molecule has 0 aromatic heterocycles. The third-order valence-electron chi connectivity index (χ3n) is 3.91. The topological polar surface area (TPSA) is 90.9 Å². The lowest BCUT2D eigenvalue weighted by atomic mass is 10.1. The molecule has 1 N–H and O–H groups in total. The number of esters is 1. The summed E-state index contributed by atoms with van der Waals surface area (Å²) in [6, 6.07) is 10.2. The molecule has 27 heavy (non-hydrogen) atoms. The van der Waals surface area contributed by atoms with Gasteiger partial charge in [0.05, 0.1) is 31.3 Å². The first-order valence-corrected chi connectivity index (χ1v) is 9.82. The molecule has 1 atom stereocenters. The van der Waals surface area contributed by atoms with Crippen molar-refractivity contribution in [1.29, 1.82) is 0 Å². The van der Waals surface area contributed by atoms with E-state index in [4.69, 9.17) is 14.2 Å². The summed E-state index contributed by atoms with van der Waals surface area (Å²) in [4.78, 5) is 11.7. The minimum Gasteiger partial charge on any atom is -0.497 e. The summed E-state index contributed by atoms with van der Waals surface area (Å²) >= 11 is 0. The molecule has 146 valence electrons. The fourth-order valence-corrected chi connectivity index (χ4v) is 3.75. The minimum absolute atomic E-state index is 0.0456. The third kappa shape index (κ3) is 4.99. The molecule has 2 rings (SSSR count). The lowest BCUT2D eigenvalue weighted by molar-refractivity contribution is 0.0526. The number of methoxy groups -OCH3 is 2. The Hall–Kier alpha value is -2.58. The van der Waals surface area contributed by atoms with Crippen LogP contribution in [0.3, 0.4) is 0 Å². The first-order chi connectivity index (χ1) is 12.8. The molecule has 8 heteroatoms. The number of rotatable bonds is 8. The summed E-state index contributed by atoms with van der Waals surface area (Å²) in [5.41, 5.74) is 0.932. The highest BCUT2D eigenvalue weighted by atomic mass is 32.2. The second kappa shape index (κ2) is 8.88. The molecule has 2 aromatic carbocycles. The Balaban J connectivity index is 2.24. The minimum atomic E-state index is -3.81. The quantitative estimate of drug-likeness (QED) is 0.694. The van der Waals surface area contributed by atoms with Gasteiger partial charge in [-0.05, 0) is 56.3 Å². The zero-order valence-electron chi connectivity index (χ0n) is 15.7. The van der Waals surface area contributed by atoms with Gasteiger partial charge in [-0.3, -0.25) is 0 Å². The van der Waals surface area contributed by atoms with E-state index in [9.17, 15) is 13.2 Å². The lowest BCUT2D eigenvalue weighted by Crippen LogP contribution is -2.27. The number of nitrogens with one attached hydrogen (secondary N) is 1. The molecule has 0 aliphatic rings. The highest BCUT2D eigenvalue weighted by Gasteiger charge is 2.21. The largest absolute Gasteiger partial charge is 0.497 e. The molecule has 0 amide bonds. The number of hydrogen-bond acceptors (Lipinski definition) is 6. The van der Waals surface area contributed by atoms with Crippen molar-refractivity contribution in [2.75, 3.05) is 20.8 Å². The van der Waals surface area contributed by atoms with E-state index in [2.05, 4.69) is 4.72 Å². The van der Waals surface area contributed by atoms with Crippen molar-refractivity contribution < 1.29 is 27.4 Å². The molecule has 0 heterocycles. The highest BCUT2D eigenvalue weighted by Crippen LogP contribution is 2.30. The molecule has 0 spiro atoms. The molecule has 0 saturated heterocycles. The summed E-state index contributed by atoms with van der Waals surface area (Å²) in [6.45, 7) is 3.66. The van der Waals surface area contributed by atoms with E-state index in [1.165, 1.54) is 38.5 Å². The van der Waals surface area contributed by atoms with Gasteiger partial charge in [-0.1, -0.05) is 0 Å². The van der Waals surface area contributed by atoms with Crippen molar-refractivity contribution in [3.05, 3.63) is 53.6 Å². The highest BCUT2D eigenvalue weighted by molar-refractivity contribution is 7.89. The number of benzene rings is 2. The van der Waals surface area contributed by atoms with E-state index in [0.717, 1.165) is 0 Å². The Morgan fingerprint density at radius 3 is 2.30 bits per heavy atom. The van der Waals surface area contributed by atoms with E-state index in [-0.39, 0.29) is 11.5 Å². The van der Waals surface area contributed by atoms with Crippen LogP contribution >= 0.6 is 0 Å². The smallest absolute Gasteiger partial charge is 0.338 e. The first-order valence-electron chi connectivity index (χ1n) is 8.33. The van der Waals surface area contributed by atoms with E-state index in [0.29, 0.717) is 22.6 Å². The summed E-state index contributed by atoms with van der Waals surface area (Å²) in [5, 5.41) is 0. The number of carbonyl (C=O) groups is 1. The predicted molar refractivity (Wildman–Crippen MR) is 101 cm³/mol. The van der Waals surface area contributed by atoms with Gasteiger partial charge in [-0.2, -0.15) is 0 Å². The molecule has 0 aliphatic carbocycles. The van der Waals surface area contributed by atoms with E-state index < -0.39 is 22.0 Å². The normalized spacial score (nSPS) is 12.3. The van der Waals surface area contributed by atoms with E-state index in [1.54, 1.807) is 32.0 Å². The molecule has 0 radical (unpaired) electrons. The molecule has 0 fully saturated rings. The van der Waals surface area contributed by atoms with Crippen molar-refractivity contribution in [3.63, 3.8) is 0 Å². The van der Waals surface area contributed by atoms with E-state index >= 15 is 0 Å². The second-order valence-corrected chi connectivity index (χ2v) is 7.41. The summed E-state index contributed by atoms with van der Waals surface area (Å²) in [7, 11) is -0.758. The van der Waals surface area contributed by atoms with Gasteiger partial charge in [0, 0.05) is 11.6 Å². The Morgan fingerprint density at radius 2 is 1.74 bits per heavy atom. The standard InChI is InChI=1S/C19H23NO6S/c1-5-26-19(21)14-6-9-16(10-7-14)27(22,23)20-13(2)17-12-15(24-3)8-11-18(17)25-4/h6-13,20H,5H2,1-4H3/t13-/m0/s1. The third-order valence-corrected chi connectivity index (χ3v) is 5.47. The van der Waals surface area contributed by atoms with Crippen LogP contribution in [-0.2, 0) is 14.8 Å². The SMILES string of the molecule is CCOC(=O)c1ccc(S(=O)(=O)N[C@@H](C)c2cc(OC)ccc2OC)cc1. The Labute approximate surface area is 159 Å². The number of sulfonamides is 1. The number of hydrogen-bond donors (Lipinski definition) is 1. The van der Waals surface area contributed by atoms with Gasteiger partial charge in [0.2, 0.25) is 10.0 Å². The van der Waals surface area contributed by atoms with Gasteiger partial charge < -0.3 is 14.2 Å². The molecule has 0 unspecified atom stereocenters. The number of ether oxygens (including phenoxy) is 3. The lowest BCUT2D eigenvalue weighted by Gasteiger charge is -2.18. The van der Waals surface area contributed by atoms with Crippen molar-refractivity contribution in [2.45, 2.75) is 24.8 Å². The van der Waals surface area contributed by atoms with Crippen LogP contribution in [0.15, 0.2) is 47.4 Å². The molecule has 0 bridgehead atoms. The average Bonchev–Trinajstić information content (AvgIpc) is 2.67. The van der Waals surface area contributed by atoms with Gasteiger partial charge in [0.15, 0.2) is 0 Å². The Bertz CT molecular complexity index is 893. The van der Waals surface area contributed by atoms with Crippen LogP contribution in [0.5, 0.6) is 11.5 Å². The fraction of sp³-hybridized carbons (Fsp3) is 0.316. The maximum atomic E-state index is 12.7. The van der Waals surface area contributed by atoms with Crippen molar-refractivity contribution >= 4 is 16.0 Å². The van der Waals surface area contributed by atoms with Crippen molar-refractivity contribution in [2.24, 2.45) is 0 Å². The van der Waals surface area contributed by atoms with Gasteiger partial charge >= 0.3 is 5.97 Å². The van der Waals surface area contributed by atoms with Gasteiger partial charge in [0.25, 0.3) is 0 Å². The Kier molecular flexibility index (Phi) is 6.81. The fourth-order valence-electron chi connectivity index (χ4n) is 2.53. The first kappa shape index (κ1) is 20.7. The van der Waals surface area contributed by atoms with Crippen LogP contribution in [0.4, 0.5) is 0 Å². The second-order valence-electron chi connectivity index (χ2n) is 5.70. The van der Waals surface area contributed by atoms with Crippen LogP contribution < -0.4 is 14.2 Å².